The minimum Gasteiger partial charge on any atom is -0.339 e. The lowest BCUT2D eigenvalue weighted by atomic mass is 10.1. The minimum absolute atomic E-state index is 0.253. The average molecular weight is 231 g/mol. The van der Waals surface area contributed by atoms with Gasteiger partial charge in [-0.2, -0.15) is 4.98 Å². The lowest BCUT2D eigenvalue weighted by Gasteiger charge is -2.01. The maximum atomic E-state index is 5.87. The second kappa shape index (κ2) is 4.21. The molecule has 1 saturated carbocycles. The van der Waals surface area contributed by atoms with Gasteiger partial charge in [0.2, 0.25) is 17.5 Å². The van der Waals surface area contributed by atoms with E-state index < -0.39 is 0 Å². The summed E-state index contributed by atoms with van der Waals surface area (Å²) in [5.74, 6) is 1.88. The SMILES string of the molecule is NC1CCC(c2nc(-c3ncccn3)no2)C1. The highest BCUT2D eigenvalue weighted by Gasteiger charge is 2.28. The van der Waals surface area contributed by atoms with Gasteiger partial charge in [-0.3, -0.25) is 0 Å². The van der Waals surface area contributed by atoms with Crippen LogP contribution in [0.15, 0.2) is 23.0 Å². The topological polar surface area (TPSA) is 90.7 Å². The molecule has 6 nitrogen and oxygen atoms in total. The van der Waals surface area contributed by atoms with Crippen LogP contribution in [-0.2, 0) is 0 Å². The summed E-state index contributed by atoms with van der Waals surface area (Å²) >= 11 is 0. The highest BCUT2D eigenvalue weighted by atomic mass is 16.5. The minimum atomic E-state index is 0.253. The number of hydrogen-bond acceptors (Lipinski definition) is 6. The molecule has 0 aliphatic heterocycles. The first-order valence-corrected chi connectivity index (χ1v) is 5.69. The van der Waals surface area contributed by atoms with Crippen LogP contribution in [0.2, 0.25) is 0 Å². The smallest absolute Gasteiger partial charge is 0.240 e. The second-order valence-corrected chi connectivity index (χ2v) is 4.30. The quantitative estimate of drug-likeness (QED) is 0.832. The van der Waals surface area contributed by atoms with Gasteiger partial charge in [0.1, 0.15) is 0 Å². The number of aromatic nitrogens is 4. The van der Waals surface area contributed by atoms with Gasteiger partial charge in [0.15, 0.2) is 0 Å². The Morgan fingerprint density at radius 1 is 1.18 bits per heavy atom. The van der Waals surface area contributed by atoms with Crippen molar-refractivity contribution < 1.29 is 4.52 Å². The third kappa shape index (κ3) is 2.03. The summed E-state index contributed by atoms with van der Waals surface area (Å²) in [6.07, 6.45) is 6.26. The maximum absolute atomic E-state index is 5.87. The molecule has 88 valence electrons. The Bertz CT molecular complexity index is 498. The molecule has 2 aromatic heterocycles. The molecular weight excluding hydrogens is 218 g/mol. The first kappa shape index (κ1) is 10.3. The molecule has 17 heavy (non-hydrogen) atoms. The number of rotatable bonds is 2. The van der Waals surface area contributed by atoms with Crippen LogP contribution in [0.1, 0.15) is 31.1 Å². The molecule has 0 spiro atoms. The van der Waals surface area contributed by atoms with E-state index in [0.29, 0.717) is 17.5 Å². The monoisotopic (exact) mass is 231 g/mol. The van der Waals surface area contributed by atoms with Crippen LogP contribution in [0.5, 0.6) is 0 Å². The van der Waals surface area contributed by atoms with Crippen molar-refractivity contribution in [3.05, 3.63) is 24.4 Å². The molecular formula is C11H13N5O. The Kier molecular flexibility index (Phi) is 2.56. The summed E-state index contributed by atoms with van der Waals surface area (Å²) in [7, 11) is 0. The number of nitrogens with zero attached hydrogens (tertiary/aromatic N) is 4. The molecule has 6 heteroatoms. The molecule has 2 N–H and O–H groups in total. The largest absolute Gasteiger partial charge is 0.339 e. The third-order valence-corrected chi connectivity index (χ3v) is 3.03. The fourth-order valence-corrected chi connectivity index (χ4v) is 2.15. The third-order valence-electron chi connectivity index (χ3n) is 3.03. The van der Waals surface area contributed by atoms with E-state index in [-0.39, 0.29) is 12.0 Å². The molecule has 0 saturated heterocycles. The molecule has 0 amide bonds. The predicted molar refractivity (Wildman–Crippen MR) is 59.9 cm³/mol. The lowest BCUT2D eigenvalue weighted by molar-refractivity contribution is 0.353. The summed E-state index contributed by atoms with van der Waals surface area (Å²) in [6, 6.07) is 2.00. The average Bonchev–Trinajstić information content (AvgIpc) is 2.98. The summed E-state index contributed by atoms with van der Waals surface area (Å²) in [5.41, 5.74) is 5.87. The van der Waals surface area contributed by atoms with E-state index in [4.69, 9.17) is 10.3 Å². The van der Waals surface area contributed by atoms with E-state index in [9.17, 15) is 0 Å². The maximum Gasteiger partial charge on any atom is 0.240 e. The van der Waals surface area contributed by atoms with Crippen LogP contribution in [-0.4, -0.2) is 26.2 Å². The molecule has 1 aliphatic carbocycles. The zero-order chi connectivity index (χ0) is 11.7. The van der Waals surface area contributed by atoms with Crippen molar-refractivity contribution in [1.29, 1.82) is 0 Å². The van der Waals surface area contributed by atoms with Crippen LogP contribution in [0.25, 0.3) is 11.6 Å². The van der Waals surface area contributed by atoms with Crippen molar-refractivity contribution in [2.24, 2.45) is 5.73 Å². The zero-order valence-electron chi connectivity index (χ0n) is 9.28. The first-order valence-electron chi connectivity index (χ1n) is 5.69. The Hall–Kier alpha value is -1.82. The van der Waals surface area contributed by atoms with Gasteiger partial charge in [-0.15, -0.1) is 0 Å². The van der Waals surface area contributed by atoms with Gasteiger partial charge >= 0.3 is 0 Å². The molecule has 1 aliphatic rings. The van der Waals surface area contributed by atoms with Gasteiger partial charge in [-0.25, -0.2) is 9.97 Å². The summed E-state index contributed by atoms with van der Waals surface area (Å²) in [4.78, 5) is 12.5. The van der Waals surface area contributed by atoms with Gasteiger partial charge in [0.05, 0.1) is 0 Å². The standard InChI is InChI=1S/C11H13N5O/c12-8-3-2-7(6-8)11-15-10(16-17-11)9-13-4-1-5-14-9/h1,4-5,7-8H,2-3,6,12H2. The van der Waals surface area contributed by atoms with E-state index in [0.717, 1.165) is 19.3 Å². The number of hydrogen-bond donors (Lipinski definition) is 1. The fraction of sp³-hybridized carbons (Fsp3) is 0.455. The molecule has 2 unspecified atom stereocenters. The Balaban J connectivity index is 1.84. The molecule has 2 heterocycles. The molecule has 0 radical (unpaired) electrons. The van der Waals surface area contributed by atoms with Crippen molar-refractivity contribution in [1.82, 2.24) is 20.1 Å². The van der Waals surface area contributed by atoms with Gasteiger partial charge in [0.25, 0.3) is 0 Å². The van der Waals surface area contributed by atoms with Gasteiger partial charge in [-0.1, -0.05) is 5.16 Å². The van der Waals surface area contributed by atoms with Crippen LogP contribution in [0.3, 0.4) is 0 Å². The zero-order valence-corrected chi connectivity index (χ0v) is 9.28. The van der Waals surface area contributed by atoms with E-state index >= 15 is 0 Å². The van der Waals surface area contributed by atoms with Crippen molar-refractivity contribution in [3.8, 4) is 11.6 Å². The summed E-state index contributed by atoms with van der Waals surface area (Å²) in [5, 5.41) is 3.90. The second-order valence-electron chi connectivity index (χ2n) is 4.30. The van der Waals surface area contributed by atoms with Crippen molar-refractivity contribution in [2.45, 2.75) is 31.2 Å². The summed E-state index contributed by atoms with van der Waals surface area (Å²) < 4.78 is 5.25. The van der Waals surface area contributed by atoms with Gasteiger partial charge in [0, 0.05) is 24.4 Å². The fourth-order valence-electron chi connectivity index (χ4n) is 2.15. The first-order chi connectivity index (χ1) is 8.33. The predicted octanol–water partition coefficient (Wildman–Crippen LogP) is 1.12. The molecule has 3 rings (SSSR count). The Morgan fingerprint density at radius 3 is 2.71 bits per heavy atom. The van der Waals surface area contributed by atoms with Crippen LogP contribution in [0, 0.1) is 0 Å². The van der Waals surface area contributed by atoms with Crippen LogP contribution >= 0.6 is 0 Å². The van der Waals surface area contributed by atoms with Gasteiger partial charge in [-0.05, 0) is 25.3 Å². The molecule has 2 aromatic rings. The van der Waals surface area contributed by atoms with Crippen LogP contribution in [0.4, 0.5) is 0 Å². The van der Waals surface area contributed by atoms with E-state index in [1.165, 1.54) is 0 Å². The molecule has 1 fully saturated rings. The van der Waals surface area contributed by atoms with Crippen molar-refractivity contribution in [3.63, 3.8) is 0 Å². The highest BCUT2D eigenvalue weighted by Crippen LogP contribution is 2.32. The highest BCUT2D eigenvalue weighted by molar-refractivity contribution is 5.40. The lowest BCUT2D eigenvalue weighted by Crippen LogP contribution is -2.14. The normalized spacial score (nSPS) is 24.1. The number of nitrogens with two attached hydrogens (primary N) is 1. The molecule has 0 bridgehead atoms. The van der Waals surface area contributed by atoms with Crippen molar-refractivity contribution in [2.75, 3.05) is 0 Å². The Morgan fingerprint density at radius 2 is 2.00 bits per heavy atom. The van der Waals surface area contributed by atoms with E-state index in [1.54, 1.807) is 18.5 Å². The van der Waals surface area contributed by atoms with E-state index in [2.05, 4.69) is 20.1 Å². The van der Waals surface area contributed by atoms with Crippen LogP contribution < -0.4 is 5.73 Å². The molecule has 0 aromatic carbocycles. The molecule has 2 atom stereocenters. The van der Waals surface area contributed by atoms with Crippen molar-refractivity contribution >= 4 is 0 Å². The Labute approximate surface area is 98.3 Å². The summed E-state index contributed by atoms with van der Waals surface area (Å²) in [6.45, 7) is 0. The van der Waals surface area contributed by atoms with E-state index in [1.807, 2.05) is 0 Å². The van der Waals surface area contributed by atoms with Gasteiger partial charge < -0.3 is 10.3 Å².